The van der Waals surface area contributed by atoms with Gasteiger partial charge < -0.3 is 4.74 Å². The zero-order valence-corrected chi connectivity index (χ0v) is 4.86. The molecule has 0 spiro atoms. The van der Waals surface area contributed by atoms with E-state index in [1.54, 1.807) is 0 Å². The summed E-state index contributed by atoms with van der Waals surface area (Å²) >= 11 is 0. The van der Waals surface area contributed by atoms with E-state index in [4.69, 9.17) is 0 Å². The number of rotatable bonds is 4. The summed E-state index contributed by atoms with van der Waals surface area (Å²) in [6, 6.07) is 0. The molecule has 8 heavy (non-hydrogen) atoms. The Morgan fingerprint density at radius 2 is 1.88 bits per heavy atom. The van der Waals surface area contributed by atoms with Gasteiger partial charge in [-0.05, 0) is 0 Å². The molecular formula is C5H10F2O. The van der Waals surface area contributed by atoms with Crippen molar-refractivity contribution in [2.24, 2.45) is 5.92 Å². The number of methoxy groups -OCH3 is 1. The molecule has 0 saturated carbocycles. The highest BCUT2D eigenvalue weighted by atomic mass is 19.1. The standard InChI is InChI=1S/C5H10F2O/c1-8-4-5(2-6)3-7/h5H,2-4H2,1H3. The summed E-state index contributed by atoms with van der Waals surface area (Å²) < 4.78 is 27.6. The molecule has 0 aliphatic heterocycles. The van der Waals surface area contributed by atoms with E-state index in [0.29, 0.717) is 0 Å². The van der Waals surface area contributed by atoms with Crippen LogP contribution in [0.2, 0.25) is 0 Å². The van der Waals surface area contributed by atoms with E-state index < -0.39 is 19.3 Å². The summed E-state index contributed by atoms with van der Waals surface area (Å²) in [7, 11) is 1.43. The molecule has 50 valence electrons. The van der Waals surface area contributed by atoms with Gasteiger partial charge in [0, 0.05) is 13.0 Å². The summed E-state index contributed by atoms with van der Waals surface area (Å²) in [5, 5.41) is 0. The van der Waals surface area contributed by atoms with Crippen LogP contribution in [-0.2, 0) is 4.74 Å². The number of alkyl halides is 2. The Kier molecular flexibility index (Phi) is 4.85. The van der Waals surface area contributed by atoms with Crippen molar-refractivity contribution in [1.82, 2.24) is 0 Å². The first-order valence-electron chi connectivity index (χ1n) is 2.46. The highest BCUT2D eigenvalue weighted by Crippen LogP contribution is 1.97. The van der Waals surface area contributed by atoms with Crippen molar-refractivity contribution in [3.05, 3.63) is 0 Å². The average molecular weight is 124 g/mol. The smallest absolute Gasteiger partial charge is 0.0969 e. The molecule has 3 heteroatoms. The molecule has 0 bridgehead atoms. The van der Waals surface area contributed by atoms with Gasteiger partial charge in [0.1, 0.15) is 0 Å². The minimum Gasteiger partial charge on any atom is -0.384 e. The third-order valence-corrected chi connectivity index (χ3v) is 0.839. The number of hydrogen-bond donors (Lipinski definition) is 0. The average Bonchev–Trinajstić information content (AvgIpc) is 1.83. The summed E-state index contributed by atoms with van der Waals surface area (Å²) in [5.41, 5.74) is 0. The fourth-order valence-corrected chi connectivity index (χ4v) is 0.366. The van der Waals surface area contributed by atoms with Gasteiger partial charge in [0.15, 0.2) is 0 Å². The van der Waals surface area contributed by atoms with Crippen molar-refractivity contribution in [2.75, 3.05) is 27.1 Å². The van der Waals surface area contributed by atoms with Gasteiger partial charge in [-0.15, -0.1) is 0 Å². The summed E-state index contributed by atoms with van der Waals surface area (Å²) in [4.78, 5) is 0. The van der Waals surface area contributed by atoms with E-state index in [1.165, 1.54) is 7.11 Å². The van der Waals surface area contributed by atoms with Crippen LogP contribution in [0.25, 0.3) is 0 Å². The van der Waals surface area contributed by atoms with Crippen molar-refractivity contribution in [1.29, 1.82) is 0 Å². The van der Waals surface area contributed by atoms with E-state index in [0.717, 1.165) is 0 Å². The number of halogens is 2. The maximum absolute atomic E-state index is 11.5. The Hall–Kier alpha value is -0.180. The van der Waals surface area contributed by atoms with Crippen LogP contribution in [0, 0.1) is 5.92 Å². The quantitative estimate of drug-likeness (QED) is 0.547. The first-order chi connectivity index (χ1) is 3.85. The van der Waals surface area contributed by atoms with Crippen LogP contribution in [0.1, 0.15) is 0 Å². The molecular weight excluding hydrogens is 114 g/mol. The molecule has 0 unspecified atom stereocenters. The van der Waals surface area contributed by atoms with Crippen LogP contribution >= 0.6 is 0 Å². The van der Waals surface area contributed by atoms with Gasteiger partial charge in [-0.3, -0.25) is 8.78 Å². The predicted molar refractivity (Wildman–Crippen MR) is 27.3 cm³/mol. The van der Waals surface area contributed by atoms with Gasteiger partial charge in [0.05, 0.1) is 20.0 Å². The number of ether oxygens (including phenoxy) is 1. The van der Waals surface area contributed by atoms with E-state index >= 15 is 0 Å². The SMILES string of the molecule is COCC(CF)CF. The molecule has 0 aliphatic rings. The van der Waals surface area contributed by atoms with Crippen molar-refractivity contribution in [3.63, 3.8) is 0 Å². The van der Waals surface area contributed by atoms with Crippen LogP contribution in [0.4, 0.5) is 8.78 Å². The van der Waals surface area contributed by atoms with Crippen molar-refractivity contribution in [3.8, 4) is 0 Å². The molecule has 0 aromatic rings. The third-order valence-electron chi connectivity index (χ3n) is 0.839. The van der Waals surface area contributed by atoms with Crippen molar-refractivity contribution < 1.29 is 13.5 Å². The first kappa shape index (κ1) is 7.82. The summed E-state index contributed by atoms with van der Waals surface area (Å²) in [6.45, 7) is -1.10. The third kappa shape index (κ3) is 2.91. The van der Waals surface area contributed by atoms with E-state index in [-0.39, 0.29) is 6.61 Å². The lowest BCUT2D eigenvalue weighted by Gasteiger charge is -2.04. The van der Waals surface area contributed by atoms with Gasteiger partial charge >= 0.3 is 0 Å². The molecule has 1 nitrogen and oxygen atoms in total. The molecule has 0 aliphatic carbocycles. The summed E-state index contributed by atoms with van der Waals surface area (Å²) in [6.07, 6.45) is 0. The van der Waals surface area contributed by atoms with Gasteiger partial charge in [-0.1, -0.05) is 0 Å². The second-order valence-electron chi connectivity index (χ2n) is 1.63. The molecule has 0 aromatic carbocycles. The first-order valence-corrected chi connectivity index (χ1v) is 2.46. The van der Waals surface area contributed by atoms with Crippen LogP contribution in [-0.4, -0.2) is 27.1 Å². The normalized spacial score (nSPS) is 10.5. The van der Waals surface area contributed by atoms with Crippen LogP contribution in [0.5, 0.6) is 0 Å². The number of hydrogen-bond acceptors (Lipinski definition) is 1. The minimum atomic E-state index is -0.635. The Morgan fingerprint density at radius 3 is 2.00 bits per heavy atom. The van der Waals surface area contributed by atoms with E-state index in [9.17, 15) is 8.78 Å². The fraction of sp³-hybridized carbons (Fsp3) is 1.00. The van der Waals surface area contributed by atoms with Crippen LogP contribution in [0.15, 0.2) is 0 Å². The fourth-order valence-electron chi connectivity index (χ4n) is 0.366. The molecule has 0 heterocycles. The maximum Gasteiger partial charge on any atom is 0.0969 e. The van der Waals surface area contributed by atoms with Gasteiger partial charge in [-0.2, -0.15) is 0 Å². The van der Waals surface area contributed by atoms with Crippen molar-refractivity contribution in [2.45, 2.75) is 0 Å². The Labute approximate surface area is 47.6 Å². The lowest BCUT2D eigenvalue weighted by molar-refractivity contribution is 0.120. The molecule has 0 aromatic heterocycles. The lowest BCUT2D eigenvalue weighted by Crippen LogP contribution is -2.11. The summed E-state index contributed by atoms with van der Waals surface area (Å²) in [5.74, 6) is -0.556. The molecule has 0 radical (unpaired) electrons. The zero-order valence-electron chi connectivity index (χ0n) is 4.86. The van der Waals surface area contributed by atoms with Crippen LogP contribution in [0.3, 0.4) is 0 Å². The van der Waals surface area contributed by atoms with E-state index in [2.05, 4.69) is 4.74 Å². The largest absolute Gasteiger partial charge is 0.384 e. The highest BCUT2D eigenvalue weighted by Gasteiger charge is 2.05. The molecule has 0 N–H and O–H groups in total. The molecule has 0 atom stereocenters. The maximum atomic E-state index is 11.5. The highest BCUT2D eigenvalue weighted by molar-refractivity contribution is 4.51. The Morgan fingerprint density at radius 1 is 1.38 bits per heavy atom. The second kappa shape index (κ2) is 4.97. The molecule has 0 saturated heterocycles. The van der Waals surface area contributed by atoms with Crippen molar-refractivity contribution >= 4 is 0 Å². The monoisotopic (exact) mass is 124 g/mol. The molecule has 0 rings (SSSR count). The molecule has 0 amide bonds. The van der Waals surface area contributed by atoms with E-state index in [1.807, 2.05) is 0 Å². The Bertz CT molecular complexity index is 45.7. The topological polar surface area (TPSA) is 9.23 Å². The second-order valence-corrected chi connectivity index (χ2v) is 1.63. The van der Waals surface area contributed by atoms with Gasteiger partial charge in [-0.25, -0.2) is 0 Å². The zero-order chi connectivity index (χ0) is 6.41. The lowest BCUT2D eigenvalue weighted by atomic mass is 10.2. The predicted octanol–water partition coefficient (Wildman–Crippen LogP) is 1.19. The van der Waals surface area contributed by atoms with Gasteiger partial charge in [0.2, 0.25) is 0 Å². The molecule has 0 fully saturated rings. The Balaban J connectivity index is 3.07. The minimum absolute atomic E-state index is 0.174. The van der Waals surface area contributed by atoms with Gasteiger partial charge in [0.25, 0.3) is 0 Å². The van der Waals surface area contributed by atoms with Crippen LogP contribution < -0.4 is 0 Å².